The molecule has 2 heterocycles. The van der Waals surface area contributed by atoms with Gasteiger partial charge in [-0.1, -0.05) is 30.0 Å². The first-order valence-corrected chi connectivity index (χ1v) is 8.11. The number of nitrogens with zero attached hydrogens (tertiary/aromatic N) is 2. The second-order valence-corrected chi connectivity index (χ2v) is 5.83. The normalized spacial score (nSPS) is 17.3. The van der Waals surface area contributed by atoms with Crippen molar-refractivity contribution in [1.82, 2.24) is 4.90 Å². The Balaban J connectivity index is 1.77. The maximum absolute atomic E-state index is 12.4. The van der Waals surface area contributed by atoms with Crippen LogP contribution in [-0.4, -0.2) is 28.3 Å². The molecule has 0 saturated carbocycles. The van der Waals surface area contributed by atoms with Crippen LogP contribution in [0.1, 0.15) is 12.2 Å². The van der Waals surface area contributed by atoms with Gasteiger partial charge in [0.25, 0.3) is 5.91 Å². The lowest BCUT2D eigenvalue weighted by atomic mass is 10.3. The van der Waals surface area contributed by atoms with Gasteiger partial charge in [0.1, 0.15) is 5.76 Å². The molecule has 2 aromatic rings. The largest absolute Gasteiger partial charge is 0.465 e. The molecule has 4 nitrogen and oxygen atoms in total. The number of thioether (sulfide) groups is 1. The van der Waals surface area contributed by atoms with Gasteiger partial charge in [0, 0.05) is 18.4 Å². The van der Waals surface area contributed by atoms with Crippen molar-refractivity contribution in [2.24, 2.45) is 4.99 Å². The van der Waals surface area contributed by atoms with Gasteiger partial charge < -0.3 is 4.42 Å². The van der Waals surface area contributed by atoms with Crippen LogP contribution in [0.2, 0.25) is 0 Å². The summed E-state index contributed by atoms with van der Waals surface area (Å²) in [5, 5.41) is 0.756. The molecule has 0 N–H and O–H groups in total. The lowest BCUT2D eigenvalue weighted by Crippen LogP contribution is -2.38. The molecule has 0 unspecified atom stereocenters. The summed E-state index contributed by atoms with van der Waals surface area (Å²) in [4.78, 5) is 18.7. The fourth-order valence-electron chi connectivity index (χ4n) is 2.10. The summed E-state index contributed by atoms with van der Waals surface area (Å²) in [6, 6.07) is 13.3. The highest BCUT2D eigenvalue weighted by Gasteiger charge is 2.22. The van der Waals surface area contributed by atoms with Crippen molar-refractivity contribution in [1.29, 1.82) is 0 Å². The number of furan rings is 1. The second-order valence-electron chi connectivity index (χ2n) is 4.77. The van der Waals surface area contributed by atoms with Crippen LogP contribution in [0.5, 0.6) is 0 Å². The molecule has 22 heavy (non-hydrogen) atoms. The molecule has 1 aliphatic heterocycles. The number of hydrogen-bond acceptors (Lipinski definition) is 4. The second kappa shape index (κ2) is 7.13. The quantitative estimate of drug-likeness (QED) is 0.806. The minimum Gasteiger partial charge on any atom is -0.465 e. The van der Waals surface area contributed by atoms with Crippen LogP contribution < -0.4 is 0 Å². The van der Waals surface area contributed by atoms with Gasteiger partial charge in [-0.25, -0.2) is 4.99 Å². The van der Waals surface area contributed by atoms with Gasteiger partial charge in [-0.05, 0) is 36.8 Å². The van der Waals surface area contributed by atoms with E-state index in [1.54, 1.807) is 35.1 Å². The highest BCUT2D eigenvalue weighted by Crippen LogP contribution is 2.22. The maximum Gasteiger partial charge on any atom is 0.252 e. The predicted octanol–water partition coefficient (Wildman–Crippen LogP) is 3.95. The number of para-hydroxylation sites is 1. The third kappa shape index (κ3) is 3.68. The number of amidine groups is 1. The zero-order chi connectivity index (χ0) is 15.2. The molecule has 112 valence electrons. The molecule has 0 spiro atoms. The highest BCUT2D eigenvalue weighted by atomic mass is 32.2. The van der Waals surface area contributed by atoms with E-state index in [1.165, 1.54) is 6.08 Å². The van der Waals surface area contributed by atoms with Gasteiger partial charge in [0.15, 0.2) is 5.17 Å². The van der Waals surface area contributed by atoms with E-state index < -0.39 is 0 Å². The highest BCUT2D eigenvalue weighted by molar-refractivity contribution is 8.13. The third-order valence-corrected chi connectivity index (χ3v) is 4.23. The lowest BCUT2D eigenvalue weighted by Gasteiger charge is -2.26. The summed E-state index contributed by atoms with van der Waals surface area (Å²) < 4.78 is 5.20. The number of aliphatic imine (C=N–C) groups is 1. The first-order chi connectivity index (χ1) is 10.8. The Hall–Kier alpha value is -2.27. The van der Waals surface area contributed by atoms with E-state index in [4.69, 9.17) is 4.42 Å². The van der Waals surface area contributed by atoms with Crippen molar-refractivity contribution < 1.29 is 9.21 Å². The molecule has 1 aromatic heterocycles. The number of hydrogen-bond donors (Lipinski definition) is 0. The van der Waals surface area contributed by atoms with Gasteiger partial charge >= 0.3 is 0 Å². The van der Waals surface area contributed by atoms with Crippen LogP contribution in [0.4, 0.5) is 5.69 Å². The number of carbonyl (C=O) groups is 1. The number of benzene rings is 1. The van der Waals surface area contributed by atoms with E-state index in [0.717, 1.165) is 23.0 Å². The monoisotopic (exact) mass is 312 g/mol. The Labute approximate surface area is 133 Å². The Morgan fingerprint density at radius 3 is 2.86 bits per heavy atom. The SMILES string of the molecule is O=C(/C=C/c1ccco1)N1CCCSC1=Nc1ccccc1. The Morgan fingerprint density at radius 2 is 2.09 bits per heavy atom. The minimum absolute atomic E-state index is 0.0710. The van der Waals surface area contributed by atoms with Crippen LogP contribution in [0, 0.1) is 0 Å². The number of carbonyl (C=O) groups excluding carboxylic acids is 1. The Bertz CT molecular complexity index is 678. The van der Waals surface area contributed by atoms with E-state index in [0.29, 0.717) is 12.3 Å². The third-order valence-electron chi connectivity index (χ3n) is 3.17. The molecule has 5 heteroatoms. The summed E-state index contributed by atoms with van der Waals surface area (Å²) in [6.45, 7) is 0.694. The molecule has 1 amide bonds. The summed E-state index contributed by atoms with van der Waals surface area (Å²) >= 11 is 1.62. The van der Waals surface area contributed by atoms with E-state index in [1.807, 2.05) is 36.4 Å². The Morgan fingerprint density at radius 1 is 1.23 bits per heavy atom. The average Bonchev–Trinajstić information content (AvgIpc) is 3.08. The lowest BCUT2D eigenvalue weighted by molar-refractivity contribution is -0.122. The van der Waals surface area contributed by atoms with Gasteiger partial charge in [-0.3, -0.25) is 9.69 Å². The standard InChI is InChI=1S/C17H16N2O2S/c20-16(10-9-15-8-4-12-21-15)19-11-5-13-22-17(19)18-14-6-2-1-3-7-14/h1-4,6-10,12H,5,11,13H2/b10-9+,18-17?. The van der Waals surface area contributed by atoms with Crippen molar-refractivity contribution in [2.45, 2.75) is 6.42 Å². The van der Waals surface area contributed by atoms with E-state index in [-0.39, 0.29) is 5.91 Å². The number of rotatable bonds is 3. The molecule has 0 bridgehead atoms. The number of amides is 1. The van der Waals surface area contributed by atoms with Gasteiger partial charge in [0.05, 0.1) is 12.0 Å². The topological polar surface area (TPSA) is 45.8 Å². The van der Waals surface area contributed by atoms with Gasteiger partial charge in [-0.15, -0.1) is 0 Å². The predicted molar refractivity (Wildman–Crippen MR) is 90.1 cm³/mol. The molecule has 0 aliphatic carbocycles. The smallest absolute Gasteiger partial charge is 0.252 e. The van der Waals surface area contributed by atoms with Crippen molar-refractivity contribution in [3.63, 3.8) is 0 Å². The molecule has 0 radical (unpaired) electrons. The van der Waals surface area contributed by atoms with Crippen molar-refractivity contribution in [3.8, 4) is 0 Å². The van der Waals surface area contributed by atoms with Crippen LogP contribution in [0.15, 0.2) is 64.2 Å². The summed E-state index contributed by atoms with van der Waals surface area (Å²) in [5.74, 6) is 1.58. The van der Waals surface area contributed by atoms with Crippen molar-refractivity contribution in [3.05, 3.63) is 60.6 Å². The zero-order valence-corrected chi connectivity index (χ0v) is 12.8. The van der Waals surface area contributed by atoms with Crippen molar-refractivity contribution >= 4 is 34.6 Å². The first kappa shape index (κ1) is 14.7. The van der Waals surface area contributed by atoms with E-state index in [2.05, 4.69) is 4.99 Å². The molecule has 0 atom stereocenters. The van der Waals surface area contributed by atoms with Crippen molar-refractivity contribution in [2.75, 3.05) is 12.3 Å². The zero-order valence-electron chi connectivity index (χ0n) is 12.0. The van der Waals surface area contributed by atoms with Crippen LogP contribution in [-0.2, 0) is 4.79 Å². The fourth-order valence-corrected chi connectivity index (χ4v) is 3.06. The molecular formula is C17H16N2O2S. The summed E-state index contributed by atoms with van der Waals surface area (Å²) in [5.41, 5.74) is 0.861. The van der Waals surface area contributed by atoms with Gasteiger partial charge in [-0.2, -0.15) is 0 Å². The molecular weight excluding hydrogens is 296 g/mol. The minimum atomic E-state index is -0.0710. The Kier molecular flexibility index (Phi) is 4.75. The fraction of sp³-hybridized carbons (Fsp3) is 0.176. The van der Waals surface area contributed by atoms with Gasteiger partial charge in [0.2, 0.25) is 0 Å². The molecule has 3 rings (SSSR count). The average molecular weight is 312 g/mol. The molecule has 1 aromatic carbocycles. The molecule has 1 aliphatic rings. The maximum atomic E-state index is 12.4. The van der Waals surface area contributed by atoms with Crippen LogP contribution in [0.25, 0.3) is 6.08 Å². The summed E-state index contributed by atoms with van der Waals surface area (Å²) in [7, 11) is 0. The van der Waals surface area contributed by atoms with E-state index >= 15 is 0 Å². The molecule has 1 saturated heterocycles. The molecule has 1 fully saturated rings. The summed E-state index contributed by atoms with van der Waals surface area (Å²) in [6.07, 6.45) is 5.77. The van der Waals surface area contributed by atoms with Crippen LogP contribution >= 0.6 is 11.8 Å². The first-order valence-electron chi connectivity index (χ1n) is 7.12. The van der Waals surface area contributed by atoms with Crippen LogP contribution in [0.3, 0.4) is 0 Å². The van der Waals surface area contributed by atoms with E-state index in [9.17, 15) is 4.79 Å².